The van der Waals surface area contributed by atoms with E-state index in [0.717, 1.165) is 36.0 Å². The van der Waals surface area contributed by atoms with Crippen LogP contribution in [0, 0.1) is 23.0 Å². The number of nitro groups is 1. The van der Waals surface area contributed by atoms with Crippen molar-refractivity contribution < 1.29 is 10.1 Å². The van der Waals surface area contributed by atoms with E-state index in [4.69, 9.17) is 0 Å². The van der Waals surface area contributed by atoms with Crippen molar-refractivity contribution in [1.82, 2.24) is 14.7 Å². The number of hydrogen-bond acceptors (Lipinski definition) is 5. The molecule has 0 spiro atoms. The van der Waals surface area contributed by atoms with Gasteiger partial charge >= 0.3 is 5.82 Å². The molecule has 0 bridgehead atoms. The zero-order valence-corrected chi connectivity index (χ0v) is 13.8. The zero-order chi connectivity index (χ0) is 17.3. The van der Waals surface area contributed by atoms with Gasteiger partial charge in [-0.15, -0.1) is 0 Å². The van der Waals surface area contributed by atoms with Crippen molar-refractivity contribution >= 4 is 5.82 Å². The molecule has 1 aromatic heterocycles. The Hall–Kier alpha value is -2.64. The minimum Gasteiger partial charge on any atom is -0.409 e. The number of hydrogen-bond donors (Lipinski definition) is 1. The Morgan fingerprint density at radius 1 is 1.38 bits per heavy atom. The van der Waals surface area contributed by atoms with Crippen LogP contribution < -0.4 is 5.49 Å². The van der Waals surface area contributed by atoms with Crippen LogP contribution in [0.2, 0.25) is 0 Å². The Kier molecular flexibility index (Phi) is 4.37. The van der Waals surface area contributed by atoms with E-state index >= 15 is 0 Å². The van der Waals surface area contributed by atoms with Gasteiger partial charge in [0.05, 0.1) is 11.1 Å². The van der Waals surface area contributed by atoms with Crippen LogP contribution in [0.5, 0.6) is 0 Å². The molecule has 8 heteroatoms. The summed E-state index contributed by atoms with van der Waals surface area (Å²) in [6.07, 6.45) is 4.11. The molecular formula is C16H21N5O3. The van der Waals surface area contributed by atoms with Gasteiger partial charge in [-0.1, -0.05) is 36.7 Å². The van der Waals surface area contributed by atoms with E-state index in [9.17, 15) is 15.3 Å². The standard InChI is InChI=1S/C16H21N5O3/c1-11-6-5-8-13(10-11)19-18-16(21(23)24)15(20(19)22)17-14-9-4-3-7-12(14)2/h5-6,8,10,12,14,22H,3-4,7,9H2,1-2H3/t12-,14+/m0/s1. The topological polar surface area (TPSA) is 98.5 Å². The molecule has 1 aliphatic carbocycles. The van der Waals surface area contributed by atoms with Crippen molar-refractivity contribution in [3.8, 4) is 5.69 Å². The third kappa shape index (κ3) is 3.04. The maximum Gasteiger partial charge on any atom is 0.438 e. The van der Waals surface area contributed by atoms with E-state index in [2.05, 4.69) is 17.0 Å². The Morgan fingerprint density at radius 3 is 2.79 bits per heavy atom. The molecule has 0 radical (unpaired) electrons. The highest BCUT2D eigenvalue weighted by Crippen LogP contribution is 2.26. The number of nitrogens with zero attached hydrogens (tertiary/aromatic N) is 5. The van der Waals surface area contributed by atoms with E-state index in [0.29, 0.717) is 16.5 Å². The van der Waals surface area contributed by atoms with Gasteiger partial charge in [-0.2, -0.15) is 0 Å². The smallest absolute Gasteiger partial charge is 0.409 e. The van der Waals surface area contributed by atoms with Crippen molar-refractivity contribution in [3.63, 3.8) is 0 Å². The zero-order valence-electron chi connectivity index (χ0n) is 13.8. The largest absolute Gasteiger partial charge is 0.438 e. The average Bonchev–Trinajstić information content (AvgIpc) is 2.87. The first-order chi connectivity index (χ1) is 11.5. The SMILES string of the molecule is Cc1cccc(-n2nc([N+](=O)[O-])c(=N[C@@H]3CCCC[C@@H]3C)n2O)c1. The highest BCUT2D eigenvalue weighted by molar-refractivity contribution is 5.34. The summed E-state index contributed by atoms with van der Waals surface area (Å²) in [5.74, 6) is -0.0996. The third-order valence-corrected chi connectivity index (χ3v) is 4.52. The van der Waals surface area contributed by atoms with Crippen molar-refractivity contribution in [2.24, 2.45) is 10.9 Å². The summed E-state index contributed by atoms with van der Waals surface area (Å²) in [6, 6.07) is 7.18. The number of benzene rings is 1. The van der Waals surface area contributed by atoms with Gasteiger partial charge in [-0.25, -0.2) is 0 Å². The van der Waals surface area contributed by atoms with E-state index in [-0.39, 0.29) is 11.5 Å². The molecule has 3 rings (SSSR count). The van der Waals surface area contributed by atoms with Gasteiger partial charge in [0.1, 0.15) is 5.69 Å². The van der Waals surface area contributed by atoms with Crippen molar-refractivity contribution in [2.45, 2.75) is 45.6 Å². The highest BCUT2D eigenvalue weighted by Gasteiger charge is 2.27. The summed E-state index contributed by atoms with van der Waals surface area (Å²) in [6.45, 7) is 3.99. The highest BCUT2D eigenvalue weighted by atomic mass is 16.6. The average molecular weight is 331 g/mol. The first-order valence-electron chi connectivity index (χ1n) is 8.14. The van der Waals surface area contributed by atoms with E-state index in [1.54, 1.807) is 18.2 Å². The van der Waals surface area contributed by atoms with Crippen LogP contribution in [0.3, 0.4) is 0 Å². The van der Waals surface area contributed by atoms with Crippen LogP contribution >= 0.6 is 0 Å². The summed E-state index contributed by atoms with van der Waals surface area (Å²) in [5.41, 5.74) is 1.41. The lowest BCUT2D eigenvalue weighted by atomic mass is 9.86. The van der Waals surface area contributed by atoms with Crippen LogP contribution in [0.1, 0.15) is 38.2 Å². The Bertz CT molecular complexity index is 823. The molecule has 0 aliphatic heterocycles. The third-order valence-electron chi connectivity index (χ3n) is 4.52. The molecule has 2 aromatic rings. The summed E-state index contributed by atoms with van der Waals surface area (Å²) in [4.78, 5) is 17.0. The maximum absolute atomic E-state index is 11.4. The van der Waals surface area contributed by atoms with Gasteiger partial charge in [-0.05, 0) is 53.1 Å². The first kappa shape index (κ1) is 16.2. The molecule has 1 fully saturated rings. The molecule has 0 unspecified atom stereocenters. The second kappa shape index (κ2) is 6.46. The minimum absolute atomic E-state index is 0.0361. The number of aryl methyl sites for hydroxylation is 1. The lowest BCUT2D eigenvalue weighted by Crippen LogP contribution is -2.28. The summed E-state index contributed by atoms with van der Waals surface area (Å²) in [7, 11) is 0. The number of aromatic nitrogens is 3. The normalized spacial score (nSPS) is 21.8. The maximum atomic E-state index is 11.4. The van der Waals surface area contributed by atoms with E-state index in [1.165, 1.54) is 0 Å². The van der Waals surface area contributed by atoms with Gasteiger partial charge < -0.3 is 15.3 Å². The van der Waals surface area contributed by atoms with Gasteiger partial charge in [0.25, 0.3) is 5.49 Å². The minimum atomic E-state index is -0.606. The second-order valence-corrected chi connectivity index (χ2v) is 6.38. The first-order valence-corrected chi connectivity index (χ1v) is 8.14. The molecule has 0 saturated heterocycles. The van der Waals surface area contributed by atoms with Crippen molar-refractivity contribution in [1.29, 1.82) is 0 Å². The molecule has 2 atom stereocenters. The van der Waals surface area contributed by atoms with Crippen LogP contribution in [0.15, 0.2) is 29.3 Å². The predicted molar refractivity (Wildman–Crippen MR) is 87.1 cm³/mol. The molecule has 1 heterocycles. The fourth-order valence-electron chi connectivity index (χ4n) is 3.15. The second-order valence-electron chi connectivity index (χ2n) is 6.38. The molecule has 1 aromatic carbocycles. The van der Waals surface area contributed by atoms with Gasteiger partial charge in [0, 0.05) is 0 Å². The van der Waals surface area contributed by atoms with Crippen LogP contribution in [-0.4, -0.2) is 30.9 Å². The van der Waals surface area contributed by atoms with E-state index < -0.39 is 10.7 Å². The predicted octanol–water partition coefficient (Wildman–Crippen LogP) is 2.61. The Balaban J connectivity index is 2.13. The molecule has 0 amide bonds. The van der Waals surface area contributed by atoms with E-state index in [1.807, 2.05) is 13.0 Å². The summed E-state index contributed by atoms with van der Waals surface area (Å²) in [5, 5.41) is 25.7. The molecule has 128 valence electrons. The van der Waals surface area contributed by atoms with Crippen molar-refractivity contribution in [3.05, 3.63) is 45.4 Å². The lowest BCUT2D eigenvalue weighted by molar-refractivity contribution is -0.391. The molecule has 1 N–H and O–H groups in total. The Labute approximate surface area is 139 Å². The van der Waals surface area contributed by atoms with Crippen molar-refractivity contribution in [2.75, 3.05) is 0 Å². The van der Waals surface area contributed by atoms with Gasteiger partial charge in [-0.3, -0.25) is 4.99 Å². The Morgan fingerprint density at radius 2 is 2.12 bits per heavy atom. The lowest BCUT2D eigenvalue weighted by Gasteiger charge is -2.24. The summed E-state index contributed by atoms with van der Waals surface area (Å²) >= 11 is 0. The number of rotatable bonds is 3. The van der Waals surface area contributed by atoms with Gasteiger partial charge in [0.2, 0.25) is 0 Å². The molecule has 24 heavy (non-hydrogen) atoms. The quantitative estimate of drug-likeness (QED) is 0.531. The van der Waals surface area contributed by atoms with Crippen LogP contribution in [-0.2, 0) is 0 Å². The summed E-state index contributed by atoms with van der Waals surface area (Å²) < 4.78 is 0. The van der Waals surface area contributed by atoms with Gasteiger partial charge in [0.15, 0.2) is 0 Å². The molecule has 1 saturated carbocycles. The fraction of sp³-hybridized carbons (Fsp3) is 0.500. The van der Waals surface area contributed by atoms with Crippen LogP contribution in [0.25, 0.3) is 5.69 Å². The van der Waals surface area contributed by atoms with Crippen LogP contribution in [0.4, 0.5) is 5.82 Å². The molecular weight excluding hydrogens is 310 g/mol. The molecule has 1 aliphatic rings. The fourth-order valence-corrected chi connectivity index (χ4v) is 3.15. The monoisotopic (exact) mass is 331 g/mol. The molecule has 8 nitrogen and oxygen atoms in total.